The number of carbonyl (C=O) groups is 2. The second kappa shape index (κ2) is 6.09. The van der Waals surface area contributed by atoms with Gasteiger partial charge in [-0.25, -0.2) is 9.37 Å². The first-order chi connectivity index (χ1) is 12.5. The third kappa shape index (κ3) is 2.79. The van der Waals surface area contributed by atoms with Crippen LogP contribution in [0.25, 0.3) is 0 Å². The van der Waals surface area contributed by atoms with Crippen LogP contribution < -0.4 is 10.2 Å². The zero-order valence-corrected chi connectivity index (χ0v) is 14.0. The molecule has 1 saturated heterocycles. The van der Waals surface area contributed by atoms with Crippen LogP contribution in [0.2, 0.25) is 0 Å². The van der Waals surface area contributed by atoms with Gasteiger partial charge in [0.05, 0.1) is 17.4 Å². The third-order valence-corrected chi connectivity index (χ3v) is 5.28. The molecule has 1 aromatic carbocycles. The van der Waals surface area contributed by atoms with Gasteiger partial charge in [-0.2, -0.15) is 0 Å². The fraction of sp³-hybridized carbons (Fsp3) is 0.316. The number of amides is 1. The first-order valence-electron chi connectivity index (χ1n) is 8.50. The van der Waals surface area contributed by atoms with E-state index in [0.29, 0.717) is 17.4 Å². The quantitative estimate of drug-likeness (QED) is 0.824. The van der Waals surface area contributed by atoms with E-state index in [1.165, 1.54) is 19.3 Å². The lowest BCUT2D eigenvalue weighted by Gasteiger charge is -2.56. The number of anilines is 2. The van der Waals surface area contributed by atoms with Crippen molar-refractivity contribution in [2.24, 2.45) is 5.41 Å². The molecule has 26 heavy (non-hydrogen) atoms. The minimum atomic E-state index is -1.02. The molecule has 134 valence electrons. The summed E-state index contributed by atoms with van der Waals surface area (Å²) < 4.78 is 13.6. The van der Waals surface area contributed by atoms with E-state index >= 15 is 0 Å². The topological polar surface area (TPSA) is 82.5 Å². The van der Waals surface area contributed by atoms with Crippen molar-refractivity contribution in [2.45, 2.75) is 19.3 Å². The number of rotatable bonds is 4. The Morgan fingerprint density at radius 1 is 1.31 bits per heavy atom. The Bertz CT molecular complexity index is 870. The molecular weight excluding hydrogens is 337 g/mol. The van der Waals surface area contributed by atoms with E-state index in [2.05, 4.69) is 15.2 Å². The molecule has 7 heteroatoms. The van der Waals surface area contributed by atoms with Gasteiger partial charge in [0.15, 0.2) is 17.9 Å². The Labute approximate surface area is 149 Å². The summed E-state index contributed by atoms with van der Waals surface area (Å²) in [6.07, 6.45) is 5.76. The molecule has 2 aliphatic rings. The van der Waals surface area contributed by atoms with Crippen molar-refractivity contribution in [1.29, 1.82) is 0 Å². The van der Waals surface area contributed by atoms with Gasteiger partial charge in [0.25, 0.3) is 5.91 Å². The number of phenols is 1. The van der Waals surface area contributed by atoms with Gasteiger partial charge in [-0.15, -0.1) is 0 Å². The van der Waals surface area contributed by atoms with Gasteiger partial charge in [-0.05, 0) is 37.1 Å². The summed E-state index contributed by atoms with van der Waals surface area (Å²) in [5, 5.41) is 12.0. The summed E-state index contributed by atoms with van der Waals surface area (Å²) in [5.41, 5.74) is 0.652. The highest BCUT2D eigenvalue weighted by atomic mass is 19.1. The molecule has 2 aromatic rings. The minimum absolute atomic E-state index is 0.0545. The first kappa shape index (κ1) is 16.5. The largest absolute Gasteiger partial charge is 0.504 e. The van der Waals surface area contributed by atoms with Gasteiger partial charge >= 0.3 is 0 Å². The molecule has 0 atom stereocenters. The van der Waals surface area contributed by atoms with Crippen LogP contribution in [0.3, 0.4) is 0 Å². The van der Waals surface area contributed by atoms with Gasteiger partial charge in [0.2, 0.25) is 0 Å². The van der Waals surface area contributed by atoms with Crippen LogP contribution >= 0.6 is 0 Å². The van der Waals surface area contributed by atoms with Gasteiger partial charge in [0.1, 0.15) is 5.82 Å². The Balaban J connectivity index is 1.43. The molecule has 1 spiro atoms. The number of nitrogens with one attached hydrogen (secondary N) is 1. The number of hydrogen-bond donors (Lipinski definition) is 2. The summed E-state index contributed by atoms with van der Waals surface area (Å²) in [6.45, 7) is 2.07. The highest BCUT2D eigenvalue weighted by Crippen LogP contribution is 2.49. The summed E-state index contributed by atoms with van der Waals surface area (Å²) in [4.78, 5) is 29.7. The molecule has 1 aliphatic heterocycles. The molecule has 4 rings (SSSR count). The molecule has 0 radical (unpaired) electrons. The highest BCUT2D eigenvalue weighted by molar-refractivity contribution is 6.05. The molecule has 2 fully saturated rings. The molecule has 2 heterocycles. The molecule has 1 aromatic heterocycles. The van der Waals surface area contributed by atoms with E-state index in [0.717, 1.165) is 31.0 Å². The van der Waals surface area contributed by atoms with Gasteiger partial charge in [-0.1, -0.05) is 6.42 Å². The second-order valence-corrected chi connectivity index (χ2v) is 7.08. The standard InChI is InChI=1S/C19H18FN3O3/c20-15-7-12(6-13(9-24)17(15)25)18(26)22-14-2-3-16(21-8-14)23-10-19(11-23)4-1-5-19/h2-3,6-9,25H,1,4-5,10-11H2,(H,22,26). The summed E-state index contributed by atoms with van der Waals surface area (Å²) in [5.74, 6) is -1.49. The number of phenolic OH excluding ortho intramolecular Hbond substituents is 1. The van der Waals surface area contributed by atoms with Crippen LogP contribution in [0.5, 0.6) is 5.75 Å². The number of halogens is 1. The SMILES string of the molecule is O=Cc1cc(C(=O)Nc2ccc(N3CC4(CCC4)C3)nc2)cc(F)c1O. The zero-order valence-electron chi connectivity index (χ0n) is 14.0. The maximum absolute atomic E-state index is 13.6. The molecule has 1 aliphatic carbocycles. The van der Waals surface area contributed by atoms with Crippen LogP contribution in [-0.2, 0) is 0 Å². The van der Waals surface area contributed by atoms with Crippen molar-refractivity contribution < 1.29 is 19.1 Å². The van der Waals surface area contributed by atoms with Crippen LogP contribution in [0.1, 0.15) is 40.0 Å². The predicted octanol–water partition coefficient (Wildman–Crippen LogP) is 2.98. The van der Waals surface area contributed by atoms with E-state index in [-0.39, 0.29) is 11.1 Å². The van der Waals surface area contributed by atoms with Crippen molar-refractivity contribution in [3.05, 3.63) is 47.4 Å². The summed E-state index contributed by atoms with van der Waals surface area (Å²) in [6, 6.07) is 5.61. The van der Waals surface area contributed by atoms with Crippen molar-refractivity contribution >= 4 is 23.7 Å². The molecular formula is C19H18FN3O3. The van der Waals surface area contributed by atoms with Crippen molar-refractivity contribution in [3.63, 3.8) is 0 Å². The van der Waals surface area contributed by atoms with Crippen molar-refractivity contribution in [3.8, 4) is 5.75 Å². The van der Waals surface area contributed by atoms with Crippen LogP contribution in [0.4, 0.5) is 15.9 Å². The predicted molar refractivity (Wildman–Crippen MR) is 94.1 cm³/mol. The zero-order chi connectivity index (χ0) is 18.3. The Kier molecular flexibility index (Phi) is 3.86. The maximum Gasteiger partial charge on any atom is 0.255 e. The van der Waals surface area contributed by atoms with E-state index in [1.54, 1.807) is 12.3 Å². The van der Waals surface area contributed by atoms with Gasteiger partial charge in [-0.3, -0.25) is 9.59 Å². The number of aldehydes is 1. The van der Waals surface area contributed by atoms with Gasteiger partial charge in [0, 0.05) is 24.1 Å². The smallest absolute Gasteiger partial charge is 0.255 e. The van der Waals surface area contributed by atoms with E-state index in [9.17, 15) is 19.1 Å². The summed E-state index contributed by atoms with van der Waals surface area (Å²) in [7, 11) is 0. The molecule has 2 N–H and O–H groups in total. The number of nitrogens with zero attached hydrogens (tertiary/aromatic N) is 2. The number of carbonyl (C=O) groups excluding carboxylic acids is 2. The minimum Gasteiger partial charge on any atom is -0.504 e. The molecule has 0 bridgehead atoms. The molecule has 6 nitrogen and oxygen atoms in total. The summed E-state index contributed by atoms with van der Waals surface area (Å²) >= 11 is 0. The average Bonchev–Trinajstić information content (AvgIpc) is 2.56. The van der Waals surface area contributed by atoms with Gasteiger partial charge < -0.3 is 15.3 Å². The van der Waals surface area contributed by atoms with Crippen LogP contribution in [0.15, 0.2) is 30.5 Å². The average molecular weight is 355 g/mol. The normalized spacial score (nSPS) is 17.3. The fourth-order valence-electron chi connectivity index (χ4n) is 3.61. The lowest BCUT2D eigenvalue weighted by molar-refractivity contribution is 0.0896. The number of benzene rings is 1. The van der Waals surface area contributed by atoms with Crippen molar-refractivity contribution in [1.82, 2.24) is 4.98 Å². The monoisotopic (exact) mass is 355 g/mol. The number of aromatic nitrogens is 1. The first-order valence-corrected chi connectivity index (χ1v) is 8.50. The maximum atomic E-state index is 13.6. The fourth-order valence-corrected chi connectivity index (χ4v) is 3.61. The Hall–Kier alpha value is -2.96. The highest BCUT2D eigenvalue weighted by Gasteiger charge is 2.47. The van der Waals surface area contributed by atoms with Crippen LogP contribution in [0, 0.1) is 11.2 Å². The number of hydrogen-bond acceptors (Lipinski definition) is 5. The second-order valence-electron chi connectivity index (χ2n) is 7.08. The Morgan fingerprint density at radius 2 is 2.08 bits per heavy atom. The molecule has 1 amide bonds. The third-order valence-electron chi connectivity index (χ3n) is 5.28. The van der Waals surface area contributed by atoms with E-state index in [4.69, 9.17) is 0 Å². The molecule has 0 unspecified atom stereocenters. The van der Waals surface area contributed by atoms with Crippen LogP contribution in [-0.4, -0.2) is 35.4 Å². The Morgan fingerprint density at radius 3 is 2.65 bits per heavy atom. The number of aromatic hydroxyl groups is 1. The lowest BCUT2D eigenvalue weighted by Crippen LogP contribution is -2.60. The van der Waals surface area contributed by atoms with E-state index < -0.39 is 17.5 Å². The number of pyridine rings is 1. The van der Waals surface area contributed by atoms with E-state index in [1.807, 2.05) is 6.07 Å². The molecule has 1 saturated carbocycles. The lowest BCUT2D eigenvalue weighted by atomic mass is 9.63. The van der Waals surface area contributed by atoms with Crippen molar-refractivity contribution in [2.75, 3.05) is 23.3 Å².